The Kier molecular flexibility index (Phi) is 3.09. The lowest BCUT2D eigenvalue weighted by Gasteiger charge is -2.12. The number of nitrogens with zero attached hydrogens (tertiary/aromatic N) is 4. The van der Waals surface area contributed by atoms with Crippen LogP contribution >= 0.6 is 0 Å². The van der Waals surface area contributed by atoms with Crippen LogP contribution in [0, 0.1) is 0 Å². The van der Waals surface area contributed by atoms with Gasteiger partial charge in [0.25, 0.3) is 0 Å². The van der Waals surface area contributed by atoms with Gasteiger partial charge in [0.05, 0.1) is 24.7 Å². The maximum atomic E-state index is 6.00. The summed E-state index contributed by atoms with van der Waals surface area (Å²) in [5, 5.41) is 7.27. The highest BCUT2D eigenvalue weighted by atomic mass is 16.5. The van der Waals surface area contributed by atoms with Gasteiger partial charge in [0.2, 0.25) is 5.88 Å². The fourth-order valence-corrected chi connectivity index (χ4v) is 3.34. The van der Waals surface area contributed by atoms with Crippen molar-refractivity contribution >= 4 is 17.3 Å². The van der Waals surface area contributed by atoms with Gasteiger partial charge in [-0.1, -0.05) is 6.07 Å². The van der Waals surface area contributed by atoms with Crippen LogP contribution in [-0.2, 0) is 12.5 Å². The van der Waals surface area contributed by atoms with Gasteiger partial charge >= 0.3 is 0 Å². The van der Waals surface area contributed by atoms with Crippen molar-refractivity contribution in [3.05, 3.63) is 42.4 Å². The van der Waals surface area contributed by atoms with Gasteiger partial charge in [0, 0.05) is 24.2 Å². The van der Waals surface area contributed by atoms with Crippen LogP contribution in [-0.4, -0.2) is 26.4 Å². The molecule has 8 nitrogen and oxygen atoms in total. The molecule has 0 saturated heterocycles. The van der Waals surface area contributed by atoms with E-state index in [4.69, 9.17) is 15.2 Å². The second kappa shape index (κ2) is 5.35. The van der Waals surface area contributed by atoms with Gasteiger partial charge in [0.1, 0.15) is 17.3 Å². The molecular formula is C18H18N6O2. The quantitative estimate of drug-likeness (QED) is 0.746. The third-order valence-electron chi connectivity index (χ3n) is 4.82. The fourth-order valence-electron chi connectivity index (χ4n) is 3.34. The highest BCUT2D eigenvalue weighted by molar-refractivity contribution is 5.65. The lowest BCUT2D eigenvalue weighted by molar-refractivity contribution is 0.323. The van der Waals surface area contributed by atoms with Gasteiger partial charge in [-0.3, -0.25) is 4.68 Å². The summed E-state index contributed by atoms with van der Waals surface area (Å²) in [6.45, 7) is 0.739. The summed E-state index contributed by atoms with van der Waals surface area (Å²) in [7, 11) is 1.80. The molecule has 1 spiro atoms. The molecule has 1 saturated carbocycles. The summed E-state index contributed by atoms with van der Waals surface area (Å²) in [5.41, 5.74) is 7.71. The van der Waals surface area contributed by atoms with Gasteiger partial charge < -0.3 is 20.5 Å². The average Bonchev–Trinajstić information content (AvgIpc) is 3.21. The van der Waals surface area contributed by atoms with Gasteiger partial charge in [-0.25, -0.2) is 9.97 Å². The third kappa shape index (κ3) is 2.42. The van der Waals surface area contributed by atoms with Crippen LogP contribution in [0.25, 0.3) is 0 Å². The van der Waals surface area contributed by atoms with E-state index < -0.39 is 0 Å². The Labute approximate surface area is 150 Å². The molecule has 132 valence electrons. The molecule has 3 aromatic rings. The first-order chi connectivity index (χ1) is 12.6. The first-order valence-electron chi connectivity index (χ1n) is 8.45. The summed E-state index contributed by atoms with van der Waals surface area (Å²) in [6, 6.07) is 5.88. The highest BCUT2D eigenvalue weighted by Crippen LogP contribution is 2.58. The second-order valence-corrected chi connectivity index (χ2v) is 6.77. The smallest absolute Gasteiger partial charge is 0.237 e. The molecule has 1 aromatic carbocycles. The van der Waals surface area contributed by atoms with Gasteiger partial charge in [-0.05, 0) is 25.0 Å². The number of hydrogen-bond donors (Lipinski definition) is 2. The van der Waals surface area contributed by atoms with Crippen molar-refractivity contribution in [2.24, 2.45) is 7.05 Å². The molecule has 8 heteroatoms. The maximum absolute atomic E-state index is 6.00. The molecule has 2 aliphatic rings. The van der Waals surface area contributed by atoms with E-state index in [2.05, 4.69) is 20.4 Å². The number of rotatable bonds is 4. The van der Waals surface area contributed by atoms with Crippen molar-refractivity contribution in [3.8, 4) is 17.4 Å². The monoisotopic (exact) mass is 350 g/mol. The number of aromatic nitrogens is 4. The van der Waals surface area contributed by atoms with Crippen LogP contribution in [0.15, 0.2) is 36.8 Å². The average molecular weight is 350 g/mol. The lowest BCUT2D eigenvalue weighted by atomic mass is 9.97. The van der Waals surface area contributed by atoms with Gasteiger partial charge in [0.15, 0.2) is 5.82 Å². The van der Waals surface area contributed by atoms with E-state index in [0.717, 1.165) is 36.5 Å². The Hall–Kier alpha value is -3.29. The van der Waals surface area contributed by atoms with Crippen LogP contribution in [0.3, 0.4) is 0 Å². The lowest BCUT2D eigenvalue weighted by Crippen LogP contribution is -2.08. The van der Waals surface area contributed by atoms with E-state index >= 15 is 0 Å². The van der Waals surface area contributed by atoms with Gasteiger partial charge in [-0.2, -0.15) is 5.10 Å². The van der Waals surface area contributed by atoms with E-state index in [9.17, 15) is 0 Å². The zero-order valence-electron chi connectivity index (χ0n) is 14.3. The number of nitrogens with two attached hydrogens (primary N) is 1. The second-order valence-electron chi connectivity index (χ2n) is 6.77. The van der Waals surface area contributed by atoms with Crippen molar-refractivity contribution in [3.63, 3.8) is 0 Å². The number of fused-ring (bicyclic) bond motifs is 2. The molecule has 1 aliphatic heterocycles. The number of ether oxygens (including phenoxy) is 2. The summed E-state index contributed by atoms with van der Waals surface area (Å²) >= 11 is 0. The molecule has 3 heterocycles. The van der Waals surface area contributed by atoms with E-state index in [1.165, 1.54) is 0 Å². The number of benzene rings is 1. The minimum atomic E-state index is 0.136. The van der Waals surface area contributed by atoms with Crippen LogP contribution < -0.4 is 20.5 Å². The van der Waals surface area contributed by atoms with Gasteiger partial charge in [-0.15, -0.1) is 0 Å². The molecule has 0 atom stereocenters. The maximum Gasteiger partial charge on any atom is 0.237 e. The molecule has 0 unspecified atom stereocenters. The largest absolute Gasteiger partial charge is 0.492 e. The summed E-state index contributed by atoms with van der Waals surface area (Å²) < 4.78 is 13.4. The number of aryl methyl sites for hydroxylation is 1. The Morgan fingerprint density at radius 1 is 1.27 bits per heavy atom. The topological polar surface area (TPSA) is 100 Å². The molecule has 2 aromatic heterocycles. The Bertz CT molecular complexity index is 978. The molecule has 1 fully saturated rings. The van der Waals surface area contributed by atoms with Crippen LogP contribution in [0.4, 0.5) is 17.3 Å². The van der Waals surface area contributed by atoms with Crippen molar-refractivity contribution in [2.75, 3.05) is 17.7 Å². The summed E-state index contributed by atoms with van der Waals surface area (Å²) in [4.78, 5) is 8.67. The third-order valence-corrected chi connectivity index (χ3v) is 4.82. The zero-order valence-corrected chi connectivity index (χ0v) is 14.3. The standard InChI is InChI=1S/C18H18N6O2/c1-24-9-11(19)17(23-24)22-14-7-21-15(8-20-14)26-13-4-2-3-12-16(13)18(5-6-18)10-25-12/h2-4,7-9H,5-6,10,19H2,1H3,(H,20,22,23). The van der Waals surface area contributed by atoms with Crippen LogP contribution in [0.5, 0.6) is 17.4 Å². The number of nitrogens with one attached hydrogen (secondary N) is 1. The summed E-state index contributed by atoms with van der Waals surface area (Å²) in [5.74, 6) is 3.23. The molecule has 1 aliphatic carbocycles. The van der Waals surface area contributed by atoms with Crippen molar-refractivity contribution in [2.45, 2.75) is 18.3 Å². The Morgan fingerprint density at radius 3 is 2.85 bits per heavy atom. The predicted octanol–water partition coefficient (Wildman–Crippen LogP) is 2.75. The van der Waals surface area contributed by atoms with E-state index in [1.807, 2.05) is 18.2 Å². The molecule has 0 radical (unpaired) electrons. The normalized spacial score (nSPS) is 16.2. The Morgan fingerprint density at radius 2 is 2.15 bits per heavy atom. The number of hydrogen-bond acceptors (Lipinski definition) is 7. The molecule has 5 rings (SSSR count). The summed E-state index contributed by atoms with van der Waals surface area (Å²) in [6.07, 6.45) is 7.17. The predicted molar refractivity (Wildman–Crippen MR) is 95.9 cm³/mol. The molecule has 0 amide bonds. The van der Waals surface area contributed by atoms with Crippen molar-refractivity contribution in [1.29, 1.82) is 0 Å². The minimum absolute atomic E-state index is 0.136. The van der Waals surface area contributed by atoms with Crippen LogP contribution in [0.1, 0.15) is 18.4 Å². The van der Waals surface area contributed by atoms with Crippen molar-refractivity contribution in [1.82, 2.24) is 19.7 Å². The first kappa shape index (κ1) is 15.0. The van der Waals surface area contributed by atoms with E-state index in [-0.39, 0.29) is 5.41 Å². The van der Waals surface area contributed by atoms with Crippen LogP contribution in [0.2, 0.25) is 0 Å². The Balaban J connectivity index is 1.36. The number of nitrogen functional groups attached to an aromatic ring is 1. The zero-order chi connectivity index (χ0) is 17.7. The first-order valence-corrected chi connectivity index (χ1v) is 8.45. The highest BCUT2D eigenvalue weighted by Gasteiger charge is 2.52. The molecular weight excluding hydrogens is 332 g/mol. The molecule has 26 heavy (non-hydrogen) atoms. The van der Waals surface area contributed by atoms with E-state index in [0.29, 0.717) is 23.2 Å². The minimum Gasteiger partial charge on any atom is -0.492 e. The van der Waals surface area contributed by atoms with E-state index in [1.54, 1.807) is 30.3 Å². The number of anilines is 3. The SMILES string of the molecule is Cn1cc(N)c(Nc2cnc(Oc3cccc4c3C3(CC3)CO4)cn2)n1. The van der Waals surface area contributed by atoms with Crippen molar-refractivity contribution < 1.29 is 9.47 Å². The molecule has 0 bridgehead atoms. The fraction of sp³-hybridized carbons (Fsp3) is 0.278. The molecule has 3 N–H and O–H groups in total.